The zero-order valence-corrected chi connectivity index (χ0v) is 14.3. The van der Waals surface area contributed by atoms with Crippen LogP contribution in [0.25, 0.3) is 11.5 Å². The van der Waals surface area contributed by atoms with E-state index < -0.39 is 0 Å². The van der Waals surface area contributed by atoms with E-state index in [2.05, 4.69) is 21.6 Å². The summed E-state index contributed by atoms with van der Waals surface area (Å²) in [5.74, 6) is 1.12. The molecule has 1 amide bonds. The second-order valence-electron chi connectivity index (χ2n) is 5.82. The van der Waals surface area contributed by atoms with Crippen LogP contribution >= 0.6 is 11.3 Å². The molecule has 0 bridgehead atoms. The van der Waals surface area contributed by atoms with E-state index in [0.717, 1.165) is 24.9 Å². The minimum absolute atomic E-state index is 0.0249. The Morgan fingerprint density at radius 3 is 2.92 bits per heavy atom. The highest BCUT2D eigenvalue weighted by Gasteiger charge is 2.30. The van der Waals surface area contributed by atoms with Crippen molar-refractivity contribution >= 4 is 17.2 Å². The molecular formula is C18H17N3O3S. The van der Waals surface area contributed by atoms with Gasteiger partial charge in [0.1, 0.15) is 5.75 Å². The number of rotatable bonds is 5. The number of thiophene rings is 1. The van der Waals surface area contributed by atoms with Crippen LogP contribution in [0.4, 0.5) is 0 Å². The van der Waals surface area contributed by atoms with Crippen LogP contribution in [-0.4, -0.2) is 34.2 Å². The van der Waals surface area contributed by atoms with E-state index >= 15 is 0 Å². The quantitative estimate of drug-likeness (QED) is 0.700. The standard InChI is InChI=1S/C18H17N3O3S/c22-17(21-9-1-3-15(21)16-4-2-10-25-16)11-23-14-7-5-13(6-8-14)18-20-19-12-24-18/h2,4-8,10,12,15H,1,3,9,11H2/t15-/m0/s1. The summed E-state index contributed by atoms with van der Waals surface area (Å²) in [4.78, 5) is 15.7. The van der Waals surface area contributed by atoms with E-state index in [0.29, 0.717) is 11.6 Å². The maximum absolute atomic E-state index is 12.6. The van der Waals surface area contributed by atoms with E-state index in [1.165, 1.54) is 11.3 Å². The van der Waals surface area contributed by atoms with E-state index in [-0.39, 0.29) is 18.6 Å². The van der Waals surface area contributed by atoms with Gasteiger partial charge in [0.05, 0.1) is 6.04 Å². The average Bonchev–Trinajstić information content (AvgIpc) is 3.41. The Bertz CT molecular complexity index is 816. The number of hydrogen-bond acceptors (Lipinski definition) is 6. The molecule has 2 aromatic heterocycles. The van der Waals surface area contributed by atoms with Crippen LogP contribution in [0.1, 0.15) is 23.8 Å². The van der Waals surface area contributed by atoms with Gasteiger partial charge in [-0.3, -0.25) is 4.79 Å². The molecule has 1 saturated heterocycles. The van der Waals surface area contributed by atoms with Gasteiger partial charge in [-0.25, -0.2) is 0 Å². The second kappa shape index (κ2) is 7.06. The summed E-state index contributed by atoms with van der Waals surface area (Å²) in [7, 11) is 0. The minimum atomic E-state index is 0.0249. The van der Waals surface area contributed by atoms with Gasteiger partial charge in [-0.2, -0.15) is 0 Å². The number of amides is 1. The third-order valence-electron chi connectivity index (χ3n) is 4.27. The fourth-order valence-corrected chi connectivity index (χ4v) is 3.94. The fraction of sp³-hybridized carbons (Fsp3) is 0.278. The summed E-state index contributed by atoms with van der Waals surface area (Å²) >= 11 is 1.70. The number of hydrogen-bond donors (Lipinski definition) is 0. The number of nitrogens with zero attached hydrogens (tertiary/aromatic N) is 3. The zero-order chi connectivity index (χ0) is 17.1. The Hall–Kier alpha value is -2.67. The number of benzene rings is 1. The average molecular weight is 355 g/mol. The van der Waals surface area contributed by atoms with Crippen LogP contribution in [0.5, 0.6) is 5.75 Å². The Labute approximate surface area is 149 Å². The van der Waals surface area contributed by atoms with E-state index in [1.807, 2.05) is 23.1 Å². The molecule has 0 N–H and O–H groups in total. The number of carbonyl (C=O) groups excluding carboxylic acids is 1. The summed E-state index contributed by atoms with van der Waals surface area (Å²) in [6.07, 6.45) is 3.34. The minimum Gasteiger partial charge on any atom is -0.484 e. The van der Waals surface area contributed by atoms with Crippen molar-refractivity contribution in [2.24, 2.45) is 0 Å². The van der Waals surface area contributed by atoms with Gasteiger partial charge < -0.3 is 14.1 Å². The first kappa shape index (κ1) is 15.8. The van der Waals surface area contributed by atoms with Gasteiger partial charge in [-0.15, -0.1) is 21.5 Å². The molecule has 0 radical (unpaired) electrons. The van der Waals surface area contributed by atoms with Gasteiger partial charge in [0.25, 0.3) is 5.91 Å². The fourth-order valence-electron chi connectivity index (χ4n) is 3.06. The number of carbonyl (C=O) groups is 1. The Morgan fingerprint density at radius 1 is 1.32 bits per heavy atom. The van der Waals surface area contributed by atoms with Crippen molar-refractivity contribution in [1.82, 2.24) is 15.1 Å². The summed E-state index contributed by atoms with van der Waals surface area (Å²) < 4.78 is 10.8. The van der Waals surface area contributed by atoms with E-state index in [9.17, 15) is 4.79 Å². The third-order valence-corrected chi connectivity index (χ3v) is 5.24. The van der Waals surface area contributed by atoms with Crippen LogP contribution in [0.15, 0.2) is 52.6 Å². The van der Waals surface area contributed by atoms with Gasteiger partial charge in [0.2, 0.25) is 12.3 Å². The highest BCUT2D eigenvalue weighted by Crippen LogP contribution is 2.34. The summed E-state index contributed by atoms with van der Waals surface area (Å²) in [5.41, 5.74) is 0.813. The van der Waals surface area contributed by atoms with Crippen molar-refractivity contribution in [3.05, 3.63) is 53.0 Å². The molecule has 1 aromatic carbocycles. The van der Waals surface area contributed by atoms with E-state index in [1.54, 1.807) is 23.5 Å². The SMILES string of the molecule is O=C(COc1ccc(-c2nnco2)cc1)N1CCC[C@H]1c1cccs1. The zero-order valence-electron chi connectivity index (χ0n) is 13.5. The molecule has 4 rings (SSSR count). The molecule has 7 heteroatoms. The molecule has 128 valence electrons. The van der Waals surface area contributed by atoms with Gasteiger partial charge in [0.15, 0.2) is 6.61 Å². The van der Waals surface area contributed by atoms with Crippen molar-refractivity contribution in [2.75, 3.05) is 13.2 Å². The molecule has 1 fully saturated rings. The summed E-state index contributed by atoms with van der Waals surface area (Å²) in [5, 5.41) is 9.57. The first-order valence-corrected chi connectivity index (χ1v) is 9.01. The van der Waals surface area contributed by atoms with Crippen LogP contribution in [-0.2, 0) is 4.79 Å². The molecule has 1 aliphatic rings. The van der Waals surface area contributed by atoms with Crippen molar-refractivity contribution < 1.29 is 13.9 Å². The van der Waals surface area contributed by atoms with Crippen LogP contribution in [0.3, 0.4) is 0 Å². The lowest BCUT2D eigenvalue weighted by Crippen LogP contribution is -2.34. The highest BCUT2D eigenvalue weighted by molar-refractivity contribution is 7.10. The lowest BCUT2D eigenvalue weighted by Gasteiger charge is -2.23. The maximum Gasteiger partial charge on any atom is 0.261 e. The molecule has 0 unspecified atom stereocenters. The van der Waals surface area contributed by atoms with Crippen molar-refractivity contribution in [3.8, 4) is 17.2 Å². The molecule has 3 aromatic rings. The van der Waals surface area contributed by atoms with E-state index in [4.69, 9.17) is 9.15 Å². The largest absolute Gasteiger partial charge is 0.484 e. The first-order chi connectivity index (χ1) is 12.3. The topological polar surface area (TPSA) is 68.5 Å². The Morgan fingerprint density at radius 2 is 2.20 bits per heavy atom. The second-order valence-corrected chi connectivity index (χ2v) is 6.80. The number of likely N-dealkylation sites (tertiary alicyclic amines) is 1. The van der Waals surface area contributed by atoms with Gasteiger partial charge in [0, 0.05) is 17.0 Å². The molecule has 0 spiro atoms. The van der Waals surface area contributed by atoms with Gasteiger partial charge in [-0.1, -0.05) is 6.07 Å². The lowest BCUT2D eigenvalue weighted by molar-refractivity contribution is -0.134. The summed E-state index contributed by atoms with van der Waals surface area (Å²) in [6, 6.07) is 11.6. The van der Waals surface area contributed by atoms with Gasteiger partial charge in [-0.05, 0) is 48.6 Å². The highest BCUT2D eigenvalue weighted by atomic mass is 32.1. The van der Waals surface area contributed by atoms with Crippen LogP contribution in [0.2, 0.25) is 0 Å². The smallest absolute Gasteiger partial charge is 0.261 e. The molecule has 0 saturated carbocycles. The summed E-state index contributed by atoms with van der Waals surface area (Å²) in [6.45, 7) is 0.836. The number of aromatic nitrogens is 2. The first-order valence-electron chi connectivity index (χ1n) is 8.13. The van der Waals surface area contributed by atoms with Crippen LogP contribution in [0, 0.1) is 0 Å². The monoisotopic (exact) mass is 355 g/mol. The number of ether oxygens (including phenoxy) is 1. The Kier molecular flexibility index (Phi) is 4.47. The molecule has 1 atom stereocenters. The molecule has 0 aliphatic carbocycles. The molecule has 3 heterocycles. The normalized spacial score (nSPS) is 17.0. The Balaban J connectivity index is 1.37. The molecule has 1 aliphatic heterocycles. The predicted molar refractivity (Wildman–Crippen MR) is 93.2 cm³/mol. The van der Waals surface area contributed by atoms with Gasteiger partial charge >= 0.3 is 0 Å². The van der Waals surface area contributed by atoms with Crippen LogP contribution < -0.4 is 4.74 Å². The molecule has 6 nitrogen and oxygen atoms in total. The predicted octanol–water partition coefficient (Wildman–Crippen LogP) is 3.54. The third kappa shape index (κ3) is 3.41. The lowest BCUT2D eigenvalue weighted by atomic mass is 10.2. The maximum atomic E-state index is 12.6. The molecule has 25 heavy (non-hydrogen) atoms. The van der Waals surface area contributed by atoms with Crippen molar-refractivity contribution in [1.29, 1.82) is 0 Å². The van der Waals surface area contributed by atoms with Crippen molar-refractivity contribution in [3.63, 3.8) is 0 Å². The van der Waals surface area contributed by atoms with Crippen molar-refractivity contribution in [2.45, 2.75) is 18.9 Å². The molecular weight excluding hydrogens is 338 g/mol.